The molecular weight excluding hydrogens is 290 g/mol. The van der Waals surface area contributed by atoms with Gasteiger partial charge in [-0.25, -0.2) is 4.68 Å². The summed E-state index contributed by atoms with van der Waals surface area (Å²) in [6.07, 6.45) is 4.95. The maximum Gasteiger partial charge on any atom is 0.136 e. The lowest BCUT2D eigenvalue weighted by Gasteiger charge is -2.37. The van der Waals surface area contributed by atoms with Gasteiger partial charge in [-0.05, 0) is 59.9 Å². The average molecular weight is 314 g/mol. The third-order valence-corrected chi connectivity index (χ3v) is 5.29. The van der Waals surface area contributed by atoms with Gasteiger partial charge in [-0.2, -0.15) is 5.10 Å². The Morgan fingerprint density at radius 2 is 1.78 bits per heavy atom. The van der Waals surface area contributed by atoms with Gasteiger partial charge in [0, 0.05) is 0 Å². The number of halogens is 1. The van der Waals surface area contributed by atoms with Crippen molar-refractivity contribution < 1.29 is 0 Å². The van der Waals surface area contributed by atoms with Gasteiger partial charge >= 0.3 is 0 Å². The molecule has 1 fully saturated rings. The Hall–Kier alpha value is -0.510. The Bertz CT molecular complexity index is 423. The summed E-state index contributed by atoms with van der Waals surface area (Å²) in [5, 5.41) is 4.57. The van der Waals surface area contributed by atoms with Crippen LogP contribution in [0, 0.1) is 18.3 Å². The molecule has 0 unspecified atom stereocenters. The van der Waals surface area contributed by atoms with E-state index >= 15 is 0 Å². The fourth-order valence-corrected chi connectivity index (χ4v) is 3.27. The zero-order valence-corrected chi connectivity index (χ0v) is 13.4. The van der Waals surface area contributed by atoms with Crippen molar-refractivity contribution in [1.29, 1.82) is 0 Å². The van der Waals surface area contributed by atoms with Crippen LogP contribution in [0.2, 0.25) is 0 Å². The molecule has 1 heterocycles. The van der Waals surface area contributed by atoms with Gasteiger partial charge in [0.15, 0.2) is 0 Å². The topological polar surface area (TPSA) is 43.8 Å². The molecule has 102 valence electrons. The van der Waals surface area contributed by atoms with Crippen LogP contribution in [0.3, 0.4) is 0 Å². The third kappa shape index (κ3) is 2.58. The van der Waals surface area contributed by atoms with Gasteiger partial charge in [0.1, 0.15) is 5.82 Å². The molecule has 0 saturated heterocycles. The van der Waals surface area contributed by atoms with Crippen molar-refractivity contribution in [3.63, 3.8) is 0 Å². The van der Waals surface area contributed by atoms with E-state index in [9.17, 15) is 0 Å². The Morgan fingerprint density at radius 1 is 1.22 bits per heavy atom. The van der Waals surface area contributed by atoms with Crippen LogP contribution in [0.1, 0.15) is 58.2 Å². The summed E-state index contributed by atoms with van der Waals surface area (Å²) in [6, 6.07) is 0.480. The number of nitrogens with two attached hydrogens (primary N) is 1. The summed E-state index contributed by atoms with van der Waals surface area (Å²) < 4.78 is 2.98. The highest BCUT2D eigenvalue weighted by Crippen LogP contribution is 2.42. The van der Waals surface area contributed by atoms with Crippen molar-refractivity contribution in [3.8, 4) is 0 Å². The van der Waals surface area contributed by atoms with Gasteiger partial charge < -0.3 is 5.73 Å². The van der Waals surface area contributed by atoms with E-state index in [2.05, 4.69) is 41.8 Å². The second kappa shape index (κ2) is 4.87. The van der Waals surface area contributed by atoms with Gasteiger partial charge in [0.2, 0.25) is 0 Å². The summed E-state index contributed by atoms with van der Waals surface area (Å²) in [5.74, 6) is 1.61. The molecule has 1 saturated carbocycles. The van der Waals surface area contributed by atoms with Crippen LogP contribution in [-0.2, 0) is 0 Å². The van der Waals surface area contributed by atoms with Crippen molar-refractivity contribution in [2.24, 2.45) is 11.3 Å². The van der Waals surface area contributed by atoms with E-state index in [1.807, 2.05) is 11.6 Å². The summed E-state index contributed by atoms with van der Waals surface area (Å²) >= 11 is 3.50. The van der Waals surface area contributed by atoms with Crippen LogP contribution >= 0.6 is 15.9 Å². The predicted molar refractivity (Wildman–Crippen MR) is 79.5 cm³/mol. The molecule has 2 N–H and O–H groups in total. The molecule has 2 rings (SSSR count). The van der Waals surface area contributed by atoms with Gasteiger partial charge in [0.05, 0.1) is 16.2 Å². The van der Waals surface area contributed by atoms with Crippen LogP contribution in [0.25, 0.3) is 0 Å². The highest BCUT2D eigenvalue weighted by molar-refractivity contribution is 9.10. The molecule has 1 aliphatic rings. The van der Waals surface area contributed by atoms with Crippen molar-refractivity contribution in [2.75, 3.05) is 5.73 Å². The first-order chi connectivity index (χ1) is 8.30. The zero-order valence-electron chi connectivity index (χ0n) is 11.8. The molecular formula is C14H24BrN3. The minimum Gasteiger partial charge on any atom is -0.383 e. The molecule has 0 spiro atoms. The summed E-state index contributed by atoms with van der Waals surface area (Å²) in [5.41, 5.74) is 7.53. The van der Waals surface area contributed by atoms with Crippen LogP contribution in [0.15, 0.2) is 4.47 Å². The van der Waals surface area contributed by atoms with Gasteiger partial charge in [-0.15, -0.1) is 0 Å². The first-order valence-corrected chi connectivity index (χ1v) is 7.60. The highest BCUT2D eigenvalue weighted by Gasteiger charge is 2.31. The first kappa shape index (κ1) is 13.9. The first-order valence-electron chi connectivity index (χ1n) is 6.80. The second-order valence-electron chi connectivity index (χ2n) is 6.60. The van der Waals surface area contributed by atoms with Gasteiger partial charge in [-0.1, -0.05) is 20.8 Å². The summed E-state index contributed by atoms with van der Waals surface area (Å²) in [4.78, 5) is 0. The Labute approximate surface area is 118 Å². The minimum atomic E-state index is 0.428. The molecule has 0 radical (unpaired) electrons. The Balaban J connectivity index is 2.08. The molecule has 1 aromatic heterocycles. The highest BCUT2D eigenvalue weighted by atomic mass is 79.9. The molecule has 1 aliphatic carbocycles. The molecule has 0 bridgehead atoms. The van der Waals surface area contributed by atoms with Crippen molar-refractivity contribution in [1.82, 2.24) is 9.78 Å². The van der Waals surface area contributed by atoms with E-state index in [1.54, 1.807) is 0 Å². The van der Waals surface area contributed by atoms with Crippen molar-refractivity contribution in [3.05, 3.63) is 10.2 Å². The third-order valence-electron chi connectivity index (χ3n) is 4.31. The fraction of sp³-hybridized carbons (Fsp3) is 0.786. The van der Waals surface area contributed by atoms with Crippen LogP contribution in [0.4, 0.5) is 5.82 Å². The SMILES string of the molecule is Cc1nn(C2CCC(C(C)(C)C)CC2)c(N)c1Br. The number of aromatic nitrogens is 2. The molecule has 0 atom stereocenters. The molecule has 1 aromatic rings. The van der Waals surface area contributed by atoms with E-state index < -0.39 is 0 Å². The number of rotatable bonds is 1. The van der Waals surface area contributed by atoms with E-state index in [0.717, 1.165) is 21.9 Å². The lowest BCUT2D eigenvalue weighted by atomic mass is 9.71. The lowest BCUT2D eigenvalue weighted by molar-refractivity contribution is 0.148. The molecule has 4 heteroatoms. The lowest BCUT2D eigenvalue weighted by Crippen LogP contribution is -2.27. The maximum atomic E-state index is 6.11. The zero-order chi connectivity index (χ0) is 13.5. The second-order valence-corrected chi connectivity index (χ2v) is 7.39. The normalized spacial score (nSPS) is 25.4. The molecule has 0 amide bonds. The molecule has 0 aromatic carbocycles. The number of hydrogen-bond donors (Lipinski definition) is 1. The molecule has 3 nitrogen and oxygen atoms in total. The Morgan fingerprint density at radius 3 is 2.17 bits per heavy atom. The van der Waals surface area contributed by atoms with E-state index in [4.69, 9.17) is 5.73 Å². The summed E-state index contributed by atoms with van der Waals surface area (Å²) in [7, 11) is 0. The van der Waals surface area contributed by atoms with Crippen molar-refractivity contribution in [2.45, 2.75) is 59.4 Å². The number of aryl methyl sites for hydroxylation is 1. The predicted octanol–water partition coefficient (Wildman–Crippen LogP) is 4.31. The van der Waals surface area contributed by atoms with E-state index in [-0.39, 0.29) is 0 Å². The molecule has 18 heavy (non-hydrogen) atoms. The van der Waals surface area contributed by atoms with E-state index in [0.29, 0.717) is 11.5 Å². The van der Waals surface area contributed by atoms with E-state index in [1.165, 1.54) is 25.7 Å². The summed E-state index contributed by atoms with van der Waals surface area (Å²) in [6.45, 7) is 9.04. The number of nitrogens with zero attached hydrogens (tertiary/aromatic N) is 2. The largest absolute Gasteiger partial charge is 0.383 e. The van der Waals surface area contributed by atoms with Gasteiger partial charge in [0.25, 0.3) is 0 Å². The quantitative estimate of drug-likeness (QED) is 0.839. The van der Waals surface area contributed by atoms with Crippen LogP contribution in [0.5, 0.6) is 0 Å². The number of hydrogen-bond acceptors (Lipinski definition) is 2. The maximum absolute atomic E-state index is 6.11. The number of anilines is 1. The van der Waals surface area contributed by atoms with Crippen LogP contribution < -0.4 is 5.73 Å². The fourth-order valence-electron chi connectivity index (χ4n) is 3.01. The van der Waals surface area contributed by atoms with Gasteiger partial charge in [-0.3, -0.25) is 0 Å². The number of nitrogen functional groups attached to an aromatic ring is 1. The smallest absolute Gasteiger partial charge is 0.136 e. The standard InChI is InChI=1S/C14H24BrN3/c1-9-12(15)13(16)18(17-9)11-7-5-10(6-8-11)14(2,3)4/h10-11H,5-8,16H2,1-4H3. The Kier molecular flexibility index (Phi) is 3.77. The van der Waals surface area contributed by atoms with Crippen LogP contribution in [-0.4, -0.2) is 9.78 Å². The molecule has 0 aliphatic heterocycles. The minimum absolute atomic E-state index is 0.428. The average Bonchev–Trinajstić information content (AvgIpc) is 2.56. The van der Waals surface area contributed by atoms with Crippen molar-refractivity contribution >= 4 is 21.7 Å². The monoisotopic (exact) mass is 313 g/mol.